The molecule has 1 aromatic carbocycles. The van der Waals surface area contributed by atoms with Gasteiger partial charge in [-0.05, 0) is 30.7 Å². The molecule has 0 saturated carbocycles. The number of benzene rings is 1. The Balaban J connectivity index is 2.69. The second-order valence-electron chi connectivity index (χ2n) is 4.55. The van der Waals surface area contributed by atoms with Crippen molar-refractivity contribution in [3.05, 3.63) is 24.3 Å². The third-order valence-electron chi connectivity index (χ3n) is 2.39. The Bertz CT molecular complexity index is 543. The minimum absolute atomic E-state index is 0.109. The van der Waals surface area contributed by atoms with E-state index in [2.05, 4.69) is 10.0 Å². The number of anilines is 2. The fraction of sp³-hybridized carbons (Fsp3) is 0.417. The number of nitrogens with two attached hydrogens (primary N) is 1. The molecule has 0 aliphatic rings. The molecular weight excluding hydrogens is 266 g/mol. The molecule has 1 rings (SSSR count). The first-order valence-corrected chi connectivity index (χ1v) is 7.77. The van der Waals surface area contributed by atoms with Gasteiger partial charge in [-0.3, -0.25) is 9.52 Å². The van der Waals surface area contributed by atoms with Crippen LogP contribution in [0.1, 0.15) is 13.3 Å². The highest BCUT2D eigenvalue weighted by atomic mass is 32.2. The number of carbonyl (C=O) groups is 1. The van der Waals surface area contributed by atoms with Gasteiger partial charge in [0.05, 0.1) is 11.9 Å². The van der Waals surface area contributed by atoms with Gasteiger partial charge >= 0.3 is 0 Å². The number of nitrogens with one attached hydrogen (secondary N) is 2. The monoisotopic (exact) mass is 285 g/mol. The van der Waals surface area contributed by atoms with E-state index in [1.54, 1.807) is 24.3 Å². The number of rotatable bonds is 6. The lowest BCUT2D eigenvalue weighted by molar-refractivity contribution is -0.116. The van der Waals surface area contributed by atoms with E-state index < -0.39 is 10.0 Å². The molecule has 0 aromatic heterocycles. The molecule has 0 aliphatic heterocycles. The second kappa shape index (κ2) is 6.53. The van der Waals surface area contributed by atoms with Crippen LogP contribution < -0.4 is 15.8 Å². The van der Waals surface area contributed by atoms with Crippen molar-refractivity contribution in [3.8, 4) is 0 Å². The number of hydrogen-bond donors (Lipinski definition) is 3. The fourth-order valence-corrected chi connectivity index (χ4v) is 2.04. The summed E-state index contributed by atoms with van der Waals surface area (Å²) in [4.78, 5) is 11.7. The summed E-state index contributed by atoms with van der Waals surface area (Å²) in [5.74, 6) is -0.0354. The molecule has 1 amide bonds. The van der Waals surface area contributed by atoms with Crippen LogP contribution in [0, 0.1) is 5.92 Å². The average Bonchev–Trinajstić information content (AvgIpc) is 2.26. The van der Waals surface area contributed by atoms with E-state index in [4.69, 9.17) is 5.73 Å². The second-order valence-corrected chi connectivity index (χ2v) is 6.30. The fourth-order valence-electron chi connectivity index (χ4n) is 1.49. The Morgan fingerprint density at radius 1 is 1.37 bits per heavy atom. The summed E-state index contributed by atoms with van der Waals surface area (Å²) in [6.45, 7) is 2.34. The van der Waals surface area contributed by atoms with Crippen LogP contribution in [0.15, 0.2) is 24.3 Å². The molecule has 1 aromatic rings. The van der Waals surface area contributed by atoms with Gasteiger partial charge in [-0.1, -0.05) is 13.0 Å². The molecule has 6 nitrogen and oxygen atoms in total. The van der Waals surface area contributed by atoms with Gasteiger partial charge in [-0.25, -0.2) is 8.42 Å². The first kappa shape index (κ1) is 15.5. The van der Waals surface area contributed by atoms with E-state index in [-0.39, 0.29) is 11.8 Å². The first-order valence-electron chi connectivity index (χ1n) is 5.88. The number of carbonyl (C=O) groups excluding carboxylic acids is 1. The quantitative estimate of drug-likeness (QED) is 0.725. The van der Waals surface area contributed by atoms with Crippen molar-refractivity contribution in [1.29, 1.82) is 0 Å². The highest BCUT2D eigenvalue weighted by molar-refractivity contribution is 7.92. The Hall–Kier alpha value is -1.60. The van der Waals surface area contributed by atoms with Crippen LogP contribution in [0.3, 0.4) is 0 Å². The van der Waals surface area contributed by atoms with E-state index in [0.717, 1.165) is 6.26 Å². The number of hydrogen-bond acceptors (Lipinski definition) is 4. The first-order chi connectivity index (χ1) is 8.80. The molecule has 4 N–H and O–H groups in total. The van der Waals surface area contributed by atoms with Crippen LogP contribution >= 0.6 is 0 Å². The highest BCUT2D eigenvalue weighted by Crippen LogP contribution is 2.16. The molecule has 0 aliphatic carbocycles. The zero-order valence-electron chi connectivity index (χ0n) is 11.0. The van der Waals surface area contributed by atoms with Crippen molar-refractivity contribution >= 4 is 27.3 Å². The largest absolute Gasteiger partial charge is 0.330 e. The van der Waals surface area contributed by atoms with Crippen LogP contribution in [0.4, 0.5) is 11.4 Å². The van der Waals surface area contributed by atoms with Crippen LogP contribution in [0.2, 0.25) is 0 Å². The SMILES string of the molecule is CC(CN)CC(=O)Nc1cccc(NS(C)(=O)=O)c1. The summed E-state index contributed by atoms with van der Waals surface area (Å²) in [5.41, 5.74) is 6.40. The van der Waals surface area contributed by atoms with Crippen molar-refractivity contribution in [2.45, 2.75) is 13.3 Å². The highest BCUT2D eigenvalue weighted by Gasteiger charge is 2.08. The Morgan fingerprint density at radius 2 is 2.00 bits per heavy atom. The molecule has 0 bridgehead atoms. The van der Waals surface area contributed by atoms with Gasteiger partial charge in [0.15, 0.2) is 0 Å². The molecular formula is C12H19N3O3S. The van der Waals surface area contributed by atoms with Crippen LogP contribution in [-0.4, -0.2) is 27.1 Å². The van der Waals surface area contributed by atoms with Gasteiger partial charge < -0.3 is 11.1 Å². The molecule has 0 spiro atoms. The maximum Gasteiger partial charge on any atom is 0.229 e. The smallest absolute Gasteiger partial charge is 0.229 e. The van der Waals surface area contributed by atoms with Crippen molar-refractivity contribution in [2.75, 3.05) is 22.8 Å². The van der Waals surface area contributed by atoms with Gasteiger partial charge in [0, 0.05) is 12.1 Å². The van der Waals surface area contributed by atoms with E-state index in [1.165, 1.54) is 0 Å². The molecule has 19 heavy (non-hydrogen) atoms. The summed E-state index contributed by atoms with van der Waals surface area (Å²) >= 11 is 0. The molecule has 0 saturated heterocycles. The maximum absolute atomic E-state index is 11.7. The summed E-state index contributed by atoms with van der Waals surface area (Å²) in [6.07, 6.45) is 1.40. The molecule has 0 heterocycles. The van der Waals surface area contributed by atoms with Crippen LogP contribution in [0.5, 0.6) is 0 Å². The Kier molecular flexibility index (Phi) is 5.31. The predicted octanol–water partition coefficient (Wildman–Crippen LogP) is 0.981. The summed E-state index contributed by atoms with van der Waals surface area (Å²) in [6, 6.07) is 6.53. The molecule has 1 atom stereocenters. The summed E-state index contributed by atoms with van der Waals surface area (Å²) < 4.78 is 24.6. The maximum atomic E-state index is 11.7. The van der Waals surface area contributed by atoms with E-state index in [9.17, 15) is 13.2 Å². The molecule has 7 heteroatoms. The van der Waals surface area contributed by atoms with Crippen LogP contribution in [0.25, 0.3) is 0 Å². The summed E-state index contributed by atoms with van der Waals surface area (Å²) in [7, 11) is -3.32. The van der Waals surface area contributed by atoms with Gasteiger partial charge in [0.2, 0.25) is 15.9 Å². The zero-order chi connectivity index (χ0) is 14.5. The lowest BCUT2D eigenvalue weighted by Crippen LogP contribution is -2.20. The molecule has 0 radical (unpaired) electrons. The molecule has 0 fully saturated rings. The normalized spacial score (nSPS) is 12.8. The topological polar surface area (TPSA) is 101 Å². The van der Waals surface area contributed by atoms with Crippen molar-refractivity contribution in [2.24, 2.45) is 11.7 Å². The molecule has 1 unspecified atom stereocenters. The van der Waals surface area contributed by atoms with Gasteiger partial charge in [-0.2, -0.15) is 0 Å². The van der Waals surface area contributed by atoms with Gasteiger partial charge in [0.1, 0.15) is 0 Å². The van der Waals surface area contributed by atoms with Crippen molar-refractivity contribution < 1.29 is 13.2 Å². The van der Waals surface area contributed by atoms with E-state index in [1.807, 2.05) is 6.92 Å². The summed E-state index contributed by atoms with van der Waals surface area (Å²) in [5, 5.41) is 2.70. The van der Waals surface area contributed by atoms with Crippen molar-refractivity contribution in [1.82, 2.24) is 0 Å². The van der Waals surface area contributed by atoms with E-state index >= 15 is 0 Å². The van der Waals surface area contributed by atoms with Gasteiger partial charge in [0.25, 0.3) is 0 Å². The van der Waals surface area contributed by atoms with Crippen molar-refractivity contribution in [3.63, 3.8) is 0 Å². The lowest BCUT2D eigenvalue weighted by Gasteiger charge is -2.10. The third-order valence-corrected chi connectivity index (χ3v) is 2.99. The minimum Gasteiger partial charge on any atom is -0.330 e. The average molecular weight is 285 g/mol. The van der Waals surface area contributed by atoms with Crippen LogP contribution in [-0.2, 0) is 14.8 Å². The Labute approximate surface area is 113 Å². The zero-order valence-corrected chi connectivity index (χ0v) is 11.8. The molecule has 106 valence electrons. The van der Waals surface area contributed by atoms with E-state index in [0.29, 0.717) is 24.3 Å². The van der Waals surface area contributed by atoms with Gasteiger partial charge in [-0.15, -0.1) is 0 Å². The lowest BCUT2D eigenvalue weighted by atomic mass is 10.1. The third kappa shape index (κ3) is 6.21. The standard InChI is InChI=1S/C12H19N3O3S/c1-9(8-13)6-12(16)14-10-4-3-5-11(7-10)15-19(2,17)18/h3-5,7,9,15H,6,8,13H2,1-2H3,(H,14,16). The predicted molar refractivity (Wildman–Crippen MR) is 76.4 cm³/mol. The number of amides is 1. The minimum atomic E-state index is -3.32. The number of sulfonamides is 1. The Morgan fingerprint density at radius 3 is 2.58 bits per heavy atom.